The fourth-order valence-corrected chi connectivity index (χ4v) is 2.30. The first kappa shape index (κ1) is 14.1. The molecule has 96 valence electrons. The zero-order valence-corrected chi connectivity index (χ0v) is 11.7. The molecule has 0 fully saturated rings. The smallest absolute Gasteiger partial charge is 0.228 e. The van der Waals surface area contributed by atoms with Crippen LogP contribution in [0.5, 0.6) is 0 Å². The molecule has 1 aromatic rings. The van der Waals surface area contributed by atoms with Gasteiger partial charge in [0, 0.05) is 19.0 Å². The van der Waals surface area contributed by atoms with Crippen LogP contribution >= 0.6 is 11.3 Å². The lowest BCUT2D eigenvalue weighted by molar-refractivity contribution is -0.131. The van der Waals surface area contributed by atoms with Gasteiger partial charge in [0.1, 0.15) is 0 Å². The number of thiazole rings is 1. The molecule has 0 unspecified atom stereocenters. The van der Waals surface area contributed by atoms with Crippen LogP contribution in [0.15, 0.2) is 5.38 Å². The number of rotatable bonds is 5. The first-order chi connectivity index (χ1) is 7.81. The van der Waals surface area contributed by atoms with E-state index in [4.69, 9.17) is 0 Å². The predicted molar refractivity (Wildman–Crippen MR) is 69.1 cm³/mol. The lowest BCUT2D eigenvalue weighted by Gasteiger charge is -2.25. The van der Waals surface area contributed by atoms with E-state index in [2.05, 4.69) is 4.98 Å². The fourth-order valence-electron chi connectivity index (χ4n) is 1.55. The molecule has 0 spiro atoms. The van der Waals surface area contributed by atoms with Crippen molar-refractivity contribution in [2.24, 2.45) is 0 Å². The van der Waals surface area contributed by atoms with Gasteiger partial charge in [-0.3, -0.25) is 4.79 Å². The summed E-state index contributed by atoms with van der Waals surface area (Å²) in [7, 11) is 1.70. The van der Waals surface area contributed by atoms with E-state index in [1.807, 2.05) is 12.3 Å². The number of aryl methyl sites for hydroxylation is 1. The largest absolute Gasteiger partial charge is 0.389 e. The zero-order chi connectivity index (χ0) is 13.1. The standard InChI is InChI=1S/C12H20N2O2S/c1-5-10-13-9(7-17-10)6-11(15)14(4)8-12(2,3)16/h7,16H,5-6,8H2,1-4H3. The third-order valence-electron chi connectivity index (χ3n) is 2.28. The minimum absolute atomic E-state index is 0.0138. The predicted octanol–water partition coefficient (Wildman–Crippen LogP) is 1.48. The van der Waals surface area contributed by atoms with Crippen LogP contribution in [0.3, 0.4) is 0 Å². The lowest BCUT2D eigenvalue weighted by atomic mass is 10.1. The molecule has 0 saturated heterocycles. The summed E-state index contributed by atoms with van der Waals surface area (Å²) >= 11 is 1.59. The highest BCUT2D eigenvalue weighted by atomic mass is 32.1. The Hall–Kier alpha value is -0.940. The highest BCUT2D eigenvalue weighted by molar-refractivity contribution is 7.09. The van der Waals surface area contributed by atoms with Gasteiger partial charge in [-0.15, -0.1) is 11.3 Å². The van der Waals surface area contributed by atoms with Crippen molar-refractivity contribution in [2.45, 2.75) is 39.2 Å². The van der Waals surface area contributed by atoms with Crippen molar-refractivity contribution in [1.29, 1.82) is 0 Å². The van der Waals surface area contributed by atoms with E-state index in [1.165, 1.54) is 0 Å². The maximum atomic E-state index is 11.9. The second kappa shape index (κ2) is 5.60. The molecule has 1 amide bonds. The van der Waals surface area contributed by atoms with Crippen molar-refractivity contribution in [3.8, 4) is 0 Å². The Morgan fingerprint density at radius 2 is 2.24 bits per heavy atom. The first-order valence-electron chi connectivity index (χ1n) is 5.71. The molecule has 17 heavy (non-hydrogen) atoms. The third kappa shape index (κ3) is 4.83. The molecule has 0 radical (unpaired) electrons. The molecular weight excluding hydrogens is 236 g/mol. The topological polar surface area (TPSA) is 53.4 Å². The molecule has 0 saturated carbocycles. The second-order valence-electron chi connectivity index (χ2n) is 4.83. The Kier molecular flexibility index (Phi) is 4.65. The van der Waals surface area contributed by atoms with Crippen LogP contribution < -0.4 is 0 Å². The summed E-state index contributed by atoms with van der Waals surface area (Å²) in [5.74, 6) is -0.0138. The molecule has 1 N–H and O–H groups in total. The summed E-state index contributed by atoms with van der Waals surface area (Å²) in [6.07, 6.45) is 1.21. The summed E-state index contributed by atoms with van der Waals surface area (Å²) in [5.41, 5.74) is -0.0411. The van der Waals surface area contributed by atoms with Crippen LogP contribution in [0.25, 0.3) is 0 Å². The average Bonchev–Trinajstić information content (AvgIpc) is 2.62. The number of amides is 1. The van der Waals surface area contributed by atoms with E-state index in [9.17, 15) is 9.90 Å². The van der Waals surface area contributed by atoms with Gasteiger partial charge in [-0.1, -0.05) is 6.92 Å². The van der Waals surface area contributed by atoms with E-state index in [-0.39, 0.29) is 5.91 Å². The summed E-state index contributed by atoms with van der Waals surface area (Å²) in [4.78, 5) is 17.8. The second-order valence-corrected chi connectivity index (χ2v) is 5.77. The van der Waals surface area contributed by atoms with Crippen LogP contribution in [-0.4, -0.2) is 40.1 Å². The highest BCUT2D eigenvalue weighted by Gasteiger charge is 2.19. The van der Waals surface area contributed by atoms with E-state index >= 15 is 0 Å². The van der Waals surface area contributed by atoms with Gasteiger partial charge in [-0.25, -0.2) is 4.98 Å². The molecule has 5 heteroatoms. The van der Waals surface area contributed by atoms with Crippen LogP contribution in [0.1, 0.15) is 31.5 Å². The highest BCUT2D eigenvalue weighted by Crippen LogP contribution is 2.12. The number of carbonyl (C=O) groups is 1. The quantitative estimate of drug-likeness (QED) is 0.868. The van der Waals surface area contributed by atoms with E-state index < -0.39 is 5.60 Å². The van der Waals surface area contributed by atoms with Crippen LogP contribution in [-0.2, 0) is 17.6 Å². The molecule has 0 aliphatic rings. The number of aliphatic hydroxyl groups is 1. The molecule has 0 aliphatic heterocycles. The van der Waals surface area contributed by atoms with Crippen molar-refractivity contribution >= 4 is 17.2 Å². The Labute approximate surface area is 106 Å². The van der Waals surface area contributed by atoms with Crippen molar-refractivity contribution < 1.29 is 9.90 Å². The molecule has 0 bridgehead atoms. The fraction of sp³-hybridized carbons (Fsp3) is 0.667. The van der Waals surface area contributed by atoms with Gasteiger partial charge < -0.3 is 10.0 Å². The van der Waals surface area contributed by atoms with Gasteiger partial charge in [-0.05, 0) is 20.3 Å². The SMILES string of the molecule is CCc1nc(CC(=O)N(C)CC(C)(C)O)cs1. The van der Waals surface area contributed by atoms with Gasteiger partial charge in [0.15, 0.2) is 0 Å². The number of nitrogens with zero attached hydrogens (tertiary/aromatic N) is 2. The molecule has 1 rings (SSSR count). The third-order valence-corrected chi connectivity index (χ3v) is 3.33. The average molecular weight is 256 g/mol. The molecule has 1 heterocycles. The van der Waals surface area contributed by atoms with E-state index in [0.717, 1.165) is 17.1 Å². The Balaban J connectivity index is 2.54. The summed E-state index contributed by atoms with van der Waals surface area (Å²) in [5, 5.41) is 12.6. The van der Waals surface area contributed by atoms with E-state index in [0.29, 0.717) is 13.0 Å². The first-order valence-corrected chi connectivity index (χ1v) is 6.59. The monoisotopic (exact) mass is 256 g/mol. The molecule has 0 aliphatic carbocycles. The zero-order valence-electron chi connectivity index (χ0n) is 10.9. The number of aromatic nitrogens is 1. The number of hydrogen-bond donors (Lipinski definition) is 1. The van der Waals surface area contributed by atoms with Gasteiger partial charge in [-0.2, -0.15) is 0 Å². The summed E-state index contributed by atoms with van der Waals surface area (Å²) in [6, 6.07) is 0. The van der Waals surface area contributed by atoms with Crippen molar-refractivity contribution in [2.75, 3.05) is 13.6 Å². The summed E-state index contributed by atoms with van der Waals surface area (Å²) in [6.45, 7) is 5.76. The minimum atomic E-state index is -0.860. The van der Waals surface area contributed by atoms with Crippen molar-refractivity contribution in [3.05, 3.63) is 16.1 Å². The Morgan fingerprint density at radius 3 is 2.71 bits per heavy atom. The number of carbonyl (C=O) groups excluding carboxylic acids is 1. The van der Waals surface area contributed by atoms with Crippen molar-refractivity contribution in [3.63, 3.8) is 0 Å². The lowest BCUT2D eigenvalue weighted by Crippen LogP contribution is -2.40. The minimum Gasteiger partial charge on any atom is -0.389 e. The van der Waals surface area contributed by atoms with Crippen LogP contribution in [0.2, 0.25) is 0 Å². The maximum Gasteiger partial charge on any atom is 0.228 e. The van der Waals surface area contributed by atoms with Crippen LogP contribution in [0, 0.1) is 0 Å². The maximum absolute atomic E-state index is 11.9. The molecule has 1 aromatic heterocycles. The number of likely N-dealkylation sites (N-methyl/N-ethyl adjacent to an activating group) is 1. The van der Waals surface area contributed by atoms with Gasteiger partial charge in [0.2, 0.25) is 5.91 Å². The molecular formula is C12H20N2O2S. The van der Waals surface area contributed by atoms with Crippen LogP contribution in [0.4, 0.5) is 0 Å². The van der Waals surface area contributed by atoms with E-state index in [1.54, 1.807) is 37.1 Å². The number of hydrogen-bond acceptors (Lipinski definition) is 4. The van der Waals surface area contributed by atoms with Gasteiger partial charge in [0.05, 0.1) is 22.7 Å². The van der Waals surface area contributed by atoms with Gasteiger partial charge >= 0.3 is 0 Å². The van der Waals surface area contributed by atoms with Crippen molar-refractivity contribution in [1.82, 2.24) is 9.88 Å². The molecule has 4 nitrogen and oxygen atoms in total. The normalized spacial score (nSPS) is 11.6. The Morgan fingerprint density at radius 1 is 1.59 bits per heavy atom. The van der Waals surface area contributed by atoms with Gasteiger partial charge in [0.25, 0.3) is 0 Å². The summed E-state index contributed by atoms with van der Waals surface area (Å²) < 4.78 is 0. The Bertz CT molecular complexity index is 382. The molecule has 0 aromatic carbocycles. The molecule has 0 atom stereocenters.